The van der Waals surface area contributed by atoms with Crippen molar-refractivity contribution in [2.24, 2.45) is 0 Å². The highest BCUT2D eigenvalue weighted by atomic mass is 32.2. The van der Waals surface area contributed by atoms with Crippen molar-refractivity contribution in [1.82, 2.24) is 33.9 Å². The molecule has 0 atom stereocenters. The molecule has 0 unspecified atom stereocenters. The number of aliphatic hydroxyl groups is 1. The number of alkyl halides is 4. The number of hydrogen-bond donors (Lipinski definition) is 3. The Morgan fingerprint density at radius 3 is 2.47 bits per heavy atom. The maximum Gasteiger partial charge on any atom is 0.333 e. The standard InChI is InChI=1S/C26H27F4N9O3S/c27-24(28)26(40)7-3-16(4-8-26)34-20-11-22(32-13-18(20)19-6-10-38(37-19)25(29)30)35-21-5-9-31-23(36-21)15-12-33-39(14-15)43(41,42)17-1-2-17/h5-6,9-14,16-17,24-25,40H,1-4,7-8H2,(H2,31,32,34,35,36). The van der Waals surface area contributed by atoms with Crippen LogP contribution in [0.3, 0.4) is 0 Å². The number of nitrogens with one attached hydrogen (secondary N) is 2. The van der Waals surface area contributed by atoms with E-state index in [1.54, 1.807) is 12.1 Å². The summed E-state index contributed by atoms with van der Waals surface area (Å²) in [4.78, 5) is 13.1. The molecule has 2 aliphatic rings. The summed E-state index contributed by atoms with van der Waals surface area (Å²) in [6.07, 6.45) is 5.45. The maximum absolute atomic E-state index is 13.3. The first-order valence-corrected chi connectivity index (χ1v) is 15.0. The van der Waals surface area contributed by atoms with Crippen LogP contribution in [0, 0.1) is 0 Å². The summed E-state index contributed by atoms with van der Waals surface area (Å²) >= 11 is 0. The zero-order valence-corrected chi connectivity index (χ0v) is 23.3. The smallest absolute Gasteiger partial charge is 0.333 e. The van der Waals surface area contributed by atoms with E-state index in [2.05, 4.69) is 35.8 Å². The van der Waals surface area contributed by atoms with E-state index in [-0.39, 0.29) is 43.2 Å². The molecule has 17 heteroatoms. The van der Waals surface area contributed by atoms with E-state index in [0.717, 1.165) is 10.3 Å². The number of nitrogens with zero attached hydrogens (tertiary/aromatic N) is 7. The molecule has 43 heavy (non-hydrogen) atoms. The molecule has 0 aromatic carbocycles. The van der Waals surface area contributed by atoms with Gasteiger partial charge in [-0.15, -0.1) is 0 Å². The van der Waals surface area contributed by atoms with E-state index < -0.39 is 33.8 Å². The third kappa shape index (κ3) is 6.04. The van der Waals surface area contributed by atoms with Gasteiger partial charge in [-0.05, 0) is 50.7 Å². The van der Waals surface area contributed by atoms with Gasteiger partial charge in [-0.3, -0.25) is 0 Å². The highest BCUT2D eigenvalue weighted by Gasteiger charge is 2.41. The lowest BCUT2D eigenvalue weighted by Crippen LogP contribution is -2.43. The average Bonchev–Trinajstić information content (AvgIpc) is 3.52. The molecule has 12 nitrogen and oxygen atoms in total. The predicted molar refractivity (Wildman–Crippen MR) is 147 cm³/mol. The van der Waals surface area contributed by atoms with E-state index in [1.165, 1.54) is 30.9 Å². The van der Waals surface area contributed by atoms with Crippen molar-refractivity contribution in [3.8, 4) is 22.6 Å². The Bertz CT molecular complexity index is 1720. The summed E-state index contributed by atoms with van der Waals surface area (Å²) in [6, 6.07) is 4.33. The van der Waals surface area contributed by atoms with Gasteiger partial charge >= 0.3 is 6.55 Å². The number of aromatic nitrogens is 7. The molecule has 228 valence electrons. The van der Waals surface area contributed by atoms with Gasteiger partial charge in [0.25, 0.3) is 16.4 Å². The van der Waals surface area contributed by atoms with Crippen molar-refractivity contribution in [3.05, 3.63) is 49.2 Å². The topological polar surface area (TPSA) is 153 Å². The molecule has 2 saturated carbocycles. The molecule has 2 aliphatic carbocycles. The van der Waals surface area contributed by atoms with Gasteiger partial charge in [0.05, 0.1) is 28.9 Å². The van der Waals surface area contributed by atoms with Crippen LogP contribution in [0.2, 0.25) is 0 Å². The van der Waals surface area contributed by atoms with Crippen LogP contribution in [0.4, 0.5) is 34.9 Å². The highest BCUT2D eigenvalue weighted by Crippen LogP contribution is 2.37. The van der Waals surface area contributed by atoms with Gasteiger partial charge in [0.1, 0.15) is 17.2 Å². The summed E-state index contributed by atoms with van der Waals surface area (Å²) in [5.41, 5.74) is -0.540. The minimum Gasteiger partial charge on any atom is -0.384 e. The van der Waals surface area contributed by atoms with Crippen LogP contribution in [-0.2, 0) is 10.0 Å². The molecular weight excluding hydrogens is 594 g/mol. The third-order valence-electron chi connectivity index (χ3n) is 7.54. The van der Waals surface area contributed by atoms with Crippen molar-refractivity contribution in [2.75, 3.05) is 10.6 Å². The van der Waals surface area contributed by atoms with Crippen molar-refractivity contribution in [3.63, 3.8) is 0 Å². The number of halogens is 4. The molecule has 0 saturated heterocycles. The second-order valence-electron chi connectivity index (χ2n) is 10.6. The maximum atomic E-state index is 13.3. The Hall–Kier alpha value is -4.12. The van der Waals surface area contributed by atoms with Gasteiger partial charge < -0.3 is 15.7 Å². The lowest BCUT2D eigenvalue weighted by atomic mass is 9.82. The van der Waals surface area contributed by atoms with Gasteiger partial charge in [0, 0.05) is 41.9 Å². The van der Waals surface area contributed by atoms with Gasteiger partial charge in [-0.2, -0.15) is 23.1 Å². The van der Waals surface area contributed by atoms with E-state index >= 15 is 0 Å². The Labute approximate surface area is 243 Å². The largest absolute Gasteiger partial charge is 0.384 e. The fourth-order valence-corrected chi connectivity index (χ4v) is 6.39. The summed E-state index contributed by atoms with van der Waals surface area (Å²) in [5, 5.41) is 24.0. The summed E-state index contributed by atoms with van der Waals surface area (Å²) in [7, 11) is -3.55. The van der Waals surface area contributed by atoms with Crippen LogP contribution in [-0.4, -0.2) is 70.8 Å². The van der Waals surface area contributed by atoms with Crippen molar-refractivity contribution in [2.45, 2.75) is 68.4 Å². The summed E-state index contributed by atoms with van der Waals surface area (Å²) in [5.74, 6) is 0.871. The van der Waals surface area contributed by atoms with Crippen LogP contribution in [0.5, 0.6) is 0 Å². The molecule has 0 aliphatic heterocycles. The fraction of sp³-hybridized carbons (Fsp3) is 0.423. The molecule has 0 radical (unpaired) electrons. The molecule has 4 aromatic heterocycles. The molecule has 3 N–H and O–H groups in total. The third-order valence-corrected chi connectivity index (χ3v) is 9.58. The minimum atomic E-state index is -3.55. The van der Waals surface area contributed by atoms with Gasteiger partial charge in [-0.25, -0.2) is 36.8 Å². The van der Waals surface area contributed by atoms with Crippen LogP contribution in [0.25, 0.3) is 22.6 Å². The number of anilines is 3. The molecule has 0 bridgehead atoms. The second-order valence-corrected chi connectivity index (χ2v) is 12.7. The number of rotatable bonds is 10. The molecule has 2 fully saturated rings. The quantitative estimate of drug-likeness (QED) is 0.217. The second kappa shape index (κ2) is 11.2. The van der Waals surface area contributed by atoms with Gasteiger partial charge in [-0.1, -0.05) is 0 Å². The Balaban J connectivity index is 1.25. The molecule has 0 amide bonds. The first-order valence-electron chi connectivity index (χ1n) is 13.5. The van der Waals surface area contributed by atoms with Gasteiger partial charge in [0.2, 0.25) is 0 Å². The normalized spacial score (nSPS) is 21.0. The lowest BCUT2D eigenvalue weighted by Gasteiger charge is -2.36. The minimum absolute atomic E-state index is 0.101. The van der Waals surface area contributed by atoms with E-state index in [4.69, 9.17) is 0 Å². The summed E-state index contributed by atoms with van der Waals surface area (Å²) in [6.45, 7) is -2.84. The van der Waals surface area contributed by atoms with Crippen molar-refractivity contribution < 1.29 is 31.1 Å². The van der Waals surface area contributed by atoms with Crippen LogP contribution in [0.1, 0.15) is 45.1 Å². The lowest BCUT2D eigenvalue weighted by molar-refractivity contribution is -0.117. The van der Waals surface area contributed by atoms with Gasteiger partial charge in [0.15, 0.2) is 5.82 Å². The fourth-order valence-electron chi connectivity index (χ4n) is 4.91. The average molecular weight is 622 g/mol. The van der Waals surface area contributed by atoms with Crippen molar-refractivity contribution in [1.29, 1.82) is 0 Å². The first-order chi connectivity index (χ1) is 20.5. The van der Waals surface area contributed by atoms with Crippen LogP contribution >= 0.6 is 0 Å². The SMILES string of the molecule is O=S(=O)(C1CC1)n1cc(-c2nccc(Nc3cc(NC4CCC(O)(C(F)F)CC4)c(-c4ccn(C(F)F)n4)cn3)n2)cn1. The molecular formula is C26H27F4N9O3S. The van der Waals surface area contributed by atoms with Crippen molar-refractivity contribution >= 4 is 27.3 Å². The van der Waals surface area contributed by atoms with E-state index in [0.29, 0.717) is 46.0 Å². The highest BCUT2D eigenvalue weighted by molar-refractivity contribution is 7.90. The Morgan fingerprint density at radius 2 is 1.79 bits per heavy atom. The monoisotopic (exact) mass is 621 g/mol. The summed E-state index contributed by atoms with van der Waals surface area (Å²) < 4.78 is 79.4. The molecule has 0 spiro atoms. The van der Waals surface area contributed by atoms with E-state index in [1.807, 2.05) is 0 Å². The number of hydrogen-bond acceptors (Lipinski definition) is 10. The Kier molecular flexibility index (Phi) is 7.53. The van der Waals surface area contributed by atoms with E-state index in [9.17, 15) is 31.1 Å². The first kappa shape index (κ1) is 29.0. The molecule has 4 aromatic rings. The zero-order chi connectivity index (χ0) is 30.4. The van der Waals surface area contributed by atoms with Crippen LogP contribution in [0.15, 0.2) is 49.2 Å². The van der Waals surface area contributed by atoms with Crippen LogP contribution < -0.4 is 10.6 Å². The molecule has 6 rings (SSSR count). The predicted octanol–water partition coefficient (Wildman–Crippen LogP) is 4.43. The molecule has 4 heterocycles. The Morgan fingerprint density at radius 1 is 1.02 bits per heavy atom. The zero-order valence-electron chi connectivity index (χ0n) is 22.5. The number of pyridine rings is 1.